The molecule has 1 saturated heterocycles. The maximum atomic E-state index is 13.8. The molecule has 1 heterocycles. The van der Waals surface area contributed by atoms with Gasteiger partial charge in [-0.3, -0.25) is 4.79 Å². The van der Waals surface area contributed by atoms with Crippen LogP contribution in [0.15, 0.2) is 77.7 Å². The first-order valence-electron chi connectivity index (χ1n) is 13.7. The molecule has 1 unspecified atom stereocenters. The summed E-state index contributed by atoms with van der Waals surface area (Å²) in [5.41, 5.74) is 2.79. The highest BCUT2D eigenvalue weighted by molar-refractivity contribution is 8.05. The van der Waals surface area contributed by atoms with Crippen LogP contribution < -0.4 is 14.8 Å². The fraction of sp³-hybridized carbons (Fsp3) is 0.344. The van der Waals surface area contributed by atoms with Crippen molar-refractivity contribution in [3.63, 3.8) is 0 Å². The van der Waals surface area contributed by atoms with Gasteiger partial charge >= 0.3 is 0 Å². The first-order valence-corrected chi connectivity index (χ1v) is 14.9. The van der Waals surface area contributed by atoms with Gasteiger partial charge in [-0.1, -0.05) is 79.5 Å². The van der Waals surface area contributed by atoms with E-state index in [4.69, 9.17) is 21.1 Å². The number of rotatable bonds is 9. The van der Waals surface area contributed by atoms with Crippen LogP contribution in [-0.2, 0) is 11.4 Å². The third kappa shape index (κ3) is 6.74. The molecule has 2 fully saturated rings. The molecule has 204 valence electrons. The first-order chi connectivity index (χ1) is 19.0. The molecule has 3 atom stereocenters. The lowest BCUT2D eigenvalue weighted by Gasteiger charge is -2.39. The molecule has 5 nitrogen and oxygen atoms in total. The minimum absolute atomic E-state index is 0.0909. The van der Waals surface area contributed by atoms with Gasteiger partial charge in [-0.25, -0.2) is 0 Å². The maximum absolute atomic E-state index is 13.8. The van der Waals surface area contributed by atoms with Crippen LogP contribution in [0.5, 0.6) is 11.5 Å². The van der Waals surface area contributed by atoms with Gasteiger partial charge in [0.25, 0.3) is 5.91 Å². The molecule has 5 rings (SSSR count). The average molecular weight is 563 g/mol. The van der Waals surface area contributed by atoms with Crippen LogP contribution in [0.3, 0.4) is 0 Å². The van der Waals surface area contributed by atoms with Crippen LogP contribution in [0.4, 0.5) is 5.69 Å². The van der Waals surface area contributed by atoms with Gasteiger partial charge in [-0.2, -0.15) is 0 Å². The Morgan fingerprint density at radius 1 is 1.00 bits per heavy atom. The SMILES string of the molecule is CCOc1cc(/C=C2\SC(Nc3ccccc3)N([C@@H]3CCCC[C@@H]3C)C2=O)ccc1OCc1ccc(Cl)cc1. The molecule has 0 radical (unpaired) electrons. The zero-order valence-electron chi connectivity index (χ0n) is 22.4. The molecule has 1 saturated carbocycles. The fourth-order valence-electron chi connectivity index (χ4n) is 5.26. The van der Waals surface area contributed by atoms with Gasteiger partial charge in [0, 0.05) is 16.8 Å². The van der Waals surface area contributed by atoms with Crippen LogP contribution >= 0.6 is 23.4 Å². The second-order valence-corrected chi connectivity index (χ2v) is 11.6. The number of halogens is 1. The minimum Gasteiger partial charge on any atom is -0.490 e. The molecule has 1 aliphatic carbocycles. The Hall–Kier alpha value is -3.09. The number of anilines is 1. The summed E-state index contributed by atoms with van der Waals surface area (Å²) < 4.78 is 12.0. The van der Waals surface area contributed by atoms with Crippen molar-refractivity contribution in [3.8, 4) is 11.5 Å². The number of para-hydroxylation sites is 1. The molecule has 0 spiro atoms. The summed E-state index contributed by atoms with van der Waals surface area (Å²) in [7, 11) is 0. The van der Waals surface area contributed by atoms with Crippen molar-refractivity contribution in [2.45, 2.75) is 57.7 Å². The van der Waals surface area contributed by atoms with E-state index in [1.54, 1.807) is 11.8 Å². The van der Waals surface area contributed by atoms with Crippen molar-refractivity contribution in [2.24, 2.45) is 5.92 Å². The standard InChI is InChI=1S/C32H35ClN2O3S/c1-3-37-29-19-24(15-18-28(29)38-21-23-13-16-25(33)17-14-23)20-30-31(36)35(27-12-8-7-9-22(27)2)32(39-30)34-26-10-5-4-6-11-26/h4-6,10-11,13-20,22,27,32,34H,3,7-9,12,21H2,1-2H3/b30-20-/t22-,27+,32?/m0/s1. The summed E-state index contributed by atoms with van der Waals surface area (Å²) in [4.78, 5) is 16.7. The molecule has 7 heteroatoms. The van der Waals surface area contributed by atoms with Crippen LogP contribution in [-0.4, -0.2) is 29.0 Å². The van der Waals surface area contributed by atoms with Crippen molar-refractivity contribution in [3.05, 3.63) is 93.9 Å². The Balaban J connectivity index is 1.38. The van der Waals surface area contributed by atoms with E-state index in [0.717, 1.165) is 41.0 Å². The summed E-state index contributed by atoms with van der Waals surface area (Å²) in [5, 5.41) is 4.30. The Kier molecular flexibility index (Phi) is 9.05. The van der Waals surface area contributed by atoms with Gasteiger partial charge in [0.05, 0.1) is 11.5 Å². The highest BCUT2D eigenvalue weighted by Crippen LogP contribution is 2.42. The van der Waals surface area contributed by atoms with Crippen LogP contribution in [0.1, 0.15) is 50.7 Å². The summed E-state index contributed by atoms with van der Waals surface area (Å²) in [6.07, 6.45) is 6.58. The normalized spacial score (nSPS) is 22.2. The van der Waals surface area contributed by atoms with E-state index < -0.39 is 0 Å². The zero-order valence-corrected chi connectivity index (χ0v) is 24.0. The molecule has 2 aliphatic rings. The van der Waals surface area contributed by atoms with Gasteiger partial charge in [0.15, 0.2) is 17.0 Å². The van der Waals surface area contributed by atoms with Crippen LogP contribution in [0, 0.1) is 5.92 Å². The minimum atomic E-state index is -0.148. The number of hydrogen-bond acceptors (Lipinski definition) is 5. The van der Waals surface area contributed by atoms with Crippen molar-refractivity contribution in [1.29, 1.82) is 0 Å². The van der Waals surface area contributed by atoms with Gasteiger partial charge in [-0.05, 0) is 79.3 Å². The van der Waals surface area contributed by atoms with Crippen LogP contribution in [0.2, 0.25) is 5.02 Å². The highest BCUT2D eigenvalue weighted by atomic mass is 35.5. The monoisotopic (exact) mass is 562 g/mol. The van der Waals surface area contributed by atoms with E-state index in [-0.39, 0.29) is 17.4 Å². The molecule has 1 amide bonds. The third-order valence-electron chi connectivity index (χ3n) is 7.30. The quantitative estimate of drug-likeness (QED) is 0.266. The average Bonchev–Trinajstić information content (AvgIpc) is 3.24. The predicted molar refractivity (Wildman–Crippen MR) is 161 cm³/mol. The maximum Gasteiger partial charge on any atom is 0.262 e. The molecule has 39 heavy (non-hydrogen) atoms. The summed E-state index contributed by atoms with van der Waals surface area (Å²) in [6.45, 7) is 5.16. The number of nitrogens with zero attached hydrogens (tertiary/aromatic N) is 1. The Morgan fingerprint density at radius 2 is 1.77 bits per heavy atom. The summed E-state index contributed by atoms with van der Waals surface area (Å²) in [6, 6.07) is 23.8. The van der Waals surface area contributed by atoms with E-state index >= 15 is 0 Å². The Labute approximate surface area is 240 Å². The van der Waals surface area contributed by atoms with E-state index in [0.29, 0.717) is 35.7 Å². The second-order valence-electron chi connectivity index (χ2n) is 10.1. The smallest absolute Gasteiger partial charge is 0.262 e. The lowest BCUT2D eigenvalue weighted by atomic mass is 9.85. The molecule has 3 aromatic rings. The lowest BCUT2D eigenvalue weighted by molar-refractivity contribution is -0.129. The Bertz CT molecular complexity index is 1300. The predicted octanol–water partition coefficient (Wildman–Crippen LogP) is 8.21. The number of benzene rings is 3. The third-order valence-corrected chi connectivity index (χ3v) is 8.66. The van der Waals surface area contributed by atoms with Crippen LogP contribution in [0.25, 0.3) is 6.08 Å². The van der Waals surface area contributed by atoms with Crippen molar-refractivity contribution in [2.75, 3.05) is 11.9 Å². The summed E-state index contributed by atoms with van der Waals surface area (Å²) in [5.74, 6) is 1.89. The number of thioether (sulfide) groups is 1. The number of amides is 1. The topological polar surface area (TPSA) is 50.8 Å². The molecule has 1 aliphatic heterocycles. The molecule has 1 N–H and O–H groups in total. The highest BCUT2D eigenvalue weighted by Gasteiger charge is 2.42. The molecular weight excluding hydrogens is 528 g/mol. The second kappa shape index (κ2) is 12.8. The Morgan fingerprint density at radius 3 is 2.51 bits per heavy atom. The largest absolute Gasteiger partial charge is 0.490 e. The van der Waals surface area contributed by atoms with E-state index in [1.165, 1.54) is 6.42 Å². The van der Waals surface area contributed by atoms with E-state index in [1.807, 2.05) is 85.8 Å². The van der Waals surface area contributed by atoms with Gasteiger partial charge in [0.2, 0.25) is 0 Å². The number of nitrogens with one attached hydrogen (secondary N) is 1. The fourth-order valence-corrected chi connectivity index (χ4v) is 6.60. The zero-order chi connectivity index (χ0) is 27.2. The van der Waals surface area contributed by atoms with Crippen molar-refractivity contribution < 1.29 is 14.3 Å². The molecule has 0 bridgehead atoms. The first kappa shape index (κ1) is 27.5. The number of ether oxygens (including phenoxy) is 2. The number of carbonyl (C=O) groups excluding carboxylic acids is 1. The number of hydrogen-bond donors (Lipinski definition) is 1. The van der Waals surface area contributed by atoms with Gasteiger partial charge < -0.3 is 19.7 Å². The van der Waals surface area contributed by atoms with E-state index in [2.05, 4.69) is 17.1 Å². The molecule has 3 aromatic carbocycles. The molecular formula is C32H35ClN2O3S. The molecule has 0 aromatic heterocycles. The number of carbonyl (C=O) groups is 1. The lowest BCUT2D eigenvalue weighted by Crippen LogP contribution is -2.48. The summed E-state index contributed by atoms with van der Waals surface area (Å²) >= 11 is 7.59. The van der Waals surface area contributed by atoms with Gasteiger partial charge in [-0.15, -0.1) is 0 Å². The van der Waals surface area contributed by atoms with Gasteiger partial charge in [0.1, 0.15) is 6.61 Å². The van der Waals surface area contributed by atoms with Crippen molar-refractivity contribution in [1.82, 2.24) is 4.90 Å². The van der Waals surface area contributed by atoms with Crippen molar-refractivity contribution >= 4 is 41.0 Å². The van der Waals surface area contributed by atoms with E-state index in [9.17, 15) is 4.79 Å².